The van der Waals surface area contributed by atoms with Gasteiger partial charge in [-0.05, 0) is 56.3 Å². The van der Waals surface area contributed by atoms with Crippen LogP contribution in [0.25, 0.3) is 22.3 Å². The van der Waals surface area contributed by atoms with Gasteiger partial charge in [0, 0.05) is 36.0 Å². The van der Waals surface area contributed by atoms with Crippen LogP contribution in [-0.2, 0) is 0 Å². The van der Waals surface area contributed by atoms with Crippen molar-refractivity contribution in [2.24, 2.45) is 10.9 Å². The van der Waals surface area contributed by atoms with E-state index in [0.29, 0.717) is 10.9 Å². The number of hydrogen-bond donors (Lipinski definition) is 1. The van der Waals surface area contributed by atoms with E-state index in [4.69, 9.17) is 11.6 Å². The summed E-state index contributed by atoms with van der Waals surface area (Å²) in [5.41, 5.74) is 3.92. The van der Waals surface area contributed by atoms with Gasteiger partial charge in [0.1, 0.15) is 5.65 Å². The summed E-state index contributed by atoms with van der Waals surface area (Å²) in [6.45, 7) is 2.30. The number of aromatic amines is 1. The lowest BCUT2D eigenvalue weighted by Crippen LogP contribution is -2.32. The smallest absolute Gasteiger partial charge is 0.139 e. The van der Waals surface area contributed by atoms with Crippen LogP contribution in [0.1, 0.15) is 12.8 Å². The number of likely N-dealkylation sites (tertiary alicyclic amines) is 1. The van der Waals surface area contributed by atoms with Crippen molar-refractivity contribution in [3.63, 3.8) is 0 Å². The van der Waals surface area contributed by atoms with Gasteiger partial charge >= 0.3 is 0 Å². The predicted molar refractivity (Wildman–Crippen MR) is 105 cm³/mol. The molecular weight excluding hydrogens is 332 g/mol. The maximum absolute atomic E-state index is 6.23. The van der Waals surface area contributed by atoms with E-state index in [1.807, 2.05) is 12.1 Å². The maximum Gasteiger partial charge on any atom is 0.139 e. The Morgan fingerprint density at radius 2 is 2.12 bits per heavy atom. The molecule has 0 radical (unpaired) electrons. The molecule has 1 fully saturated rings. The molecule has 1 aliphatic rings. The zero-order valence-electron chi connectivity index (χ0n) is 14.2. The Morgan fingerprint density at radius 3 is 2.88 bits per heavy atom. The van der Waals surface area contributed by atoms with Crippen LogP contribution in [0, 0.1) is 5.92 Å². The molecule has 1 aromatic carbocycles. The van der Waals surface area contributed by atoms with E-state index in [2.05, 4.69) is 57.4 Å². The normalized spacial score (nSPS) is 19.0. The summed E-state index contributed by atoms with van der Waals surface area (Å²) in [5, 5.41) is 1.66. The van der Waals surface area contributed by atoms with Gasteiger partial charge in [0.15, 0.2) is 0 Å². The molecule has 128 valence electrons. The van der Waals surface area contributed by atoms with E-state index in [-0.39, 0.29) is 0 Å². The Bertz CT molecular complexity index is 898. The van der Waals surface area contributed by atoms with E-state index >= 15 is 0 Å². The lowest BCUT2D eigenvalue weighted by atomic mass is 10.00. The zero-order valence-corrected chi connectivity index (χ0v) is 15.0. The highest BCUT2D eigenvalue weighted by molar-refractivity contribution is 6.35. The van der Waals surface area contributed by atoms with Crippen LogP contribution in [0.5, 0.6) is 0 Å². The maximum atomic E-state index is 6.23. The van der Waals surface area contributed by atoms with Crippen molar-refractivity contribution in [3.8, 4) is 11.3 Å². The summed E-state index contributed by atoms with van der Waals surface area (Å²) in [5.74, 6) is 0.556. The summed E-state index contributed by atoms with van der Waals surface area (Å²) in [6.07, 6.45) is 6.31. The number of fused-ring (bicyclic) bond motifs is 1. The van der Waals surface area contributed by atoms with Gasteiger partial charge in [-0.15, -0.1) is 0 Å². The molecule has 4 rings (SSSR count). The van der Waals surface area contributed by atoms with Crippen LogP contribution in [0.4, 0.5) is 5.69 Å². The molecule has 1 saturated heterocycles. The molecule has 5 heteroatoms. The highest BCUT2D eigenvalue weighted by atomic mass is 35.5. The van der Waals surface area contributed by atoms with Crippen LogP contribution in [0.2, 0.25) is 5.02 Å². The number of hydrogen-bond acceptors (Lipinski definition) is 3. The van der Waals surface area contributed by atoms with Crippen molar-refractivity contribution >= 4 is 34.5 Å². The van der Waals surface area contributed by atoms with Crippen molar-refractivity contribution in [1.82, 2.24) is 14.9 Å². The first-order valence-corrected chi connectivity index (χ1v) is 9.03. The minimum absolute atomic E-state index is 0.556. The highest BCUT2D eigenvalue weighted by Crippen LogP contribution is 2.28. The number of pyridine rings is 1. The number of nitrogens with one attached hydrogen (secondary N) is 1. The number of nitrogens with zero attached hydrogens (tertiary/aromatic N) is 3. The molecule has 2 aromatic heterocycles. The molecule has 3 aromatic rings. The van der Waals surface area contributed by atoms with E-state index in [1.165, 1.54) is 19.4 Å². The van der Waals surface area contributed by atoms with E-state index < -0.39 is 0 Å². The third kappa shape index (κ3) is 3.60. The summed E-state index contributed by atoms with van der Waals surface area (Å²) in [7, 11) is 2.18. The van der Waals surface area contributed by atoms with E-state index in [1.54, 1.807) is 6.20 Å². The Hall–Kier alpha value is -2.17. The monoisotopic (exact) mass is 352 g/mol. The molecule has 0 amide bonds. The third-order valence-corrected chi connectivity index (χ3v) is 5.08. The number of benzene rings is 1. The van der Waals surface area contributed by atoms with Crippen LogP contribution >= 0.6 is 11.6 Å². The minimum atomic E-state index is 0.556. The van der Waals surface area contributed by atoms with Gasteiger partial charge < -0.3 is 9.88 Å². The van der Waals surface area contributed by atoms with Crippen molar-refractivity contribution in [3.05, 3.63) is 47.6 Å². The number of piperidine rings is 1. The molecule has 1 aliphatic heterocycles. The van der Waals surface area contributed by atoms with Crippen molar-refractivity contribution in [1.29, 1.82) is 0 Å². The van der Waals surface area contributed by atoms with Crippen LogP contribution in [0.15, 0.2) is 47.6 Å². The second-order valence-electron chi connectivity index (χ2n) is 6.73. The molecule has 1 N–H and O–H groups in total. The minimum Gasteiger partial charge on any atom is -0.339 e. The molecule has 0 saturated carbocycles. The number of aliphatic imine (C=N–C) groups is 1. The van der Waals surface area contributed by atoms with Gasteiger partial charge in [0.05, 0.1) is 10.7 Å². The van der Waals surface area contributed by atoms with Gasteiger partial charge in [-0.25, -0.2) is 4.98 Å². The summed E-state index contributed by atoms with van der Waals surface area (Å²) in [4.78, 5) is 14.7. The SMILES string of the molecule is CN1CCCC(/C=N/c2ccc(-c3cc4c(Cl)ccnc4[nH]3)cc2)C1. The van der Waals surface area contributed by atoms with Crippen molar-refractivity contribution < 1.29 is 0 Å². The van der Waals surface area contributed by atoms with E-state index in [0.717, 1.165) is 34.5 Å². The van der Waals surface area contributed by atoms with E-state index in [9.17, 15) is 0 Å². The molecule has 0 aliphatic carbocycles. The zero-order chi connectivity index (χ0) is 17.2. The fraction of sp³-hybridized carbons (Fsp3) is 0.300. The Balaban J connectivity index is 1.52. The average Bonchev–Trinajstić information content (AvgIpc) is 3.06. The Kier molecular flexibility index (Phi) is 4.55. The third-order valence-electron chi connectivity index (χ3n) is 4.75. The van der Waals surface area contributed by atoms with Gasteiger partial charge in [0.25, 0.3) is 0 Å². The molecule has 1 atom stereocenters. The molecule has 1 unspecified atom stereocenters. The first-order valence-electron chi connectivity index (χ1n) is 8.65. The first-order chi connectivity index (χ1) is 12.2. The lowest BCUT2D eigenvalue weighted by Gasteiger charge is -2.27. The summed E-state index contributed by atoms with van der Waals surface area (Å²) in [6, 6.07) is 12.1. The molecule has 25 heavy (non-hydrogen) atoms. The Labute approximate surface area is 152 Å². The highest BCUT2D eigenvalue weighted by Gasteiger charge is 2.14. The Morgan fingerprint density at radius 1 is 1.28 bits per heavy atom. The number of aromatic nitrogens is 2. The molecule has 0 bridgehead atoms. The molecule has 0 spiro atoms. The second kappa shape index (κ2) is 6.98. The topological polar surface area (TPSA) is 44.3 Å². The average molecular weight is 353 g/mol. The predicted octanol–water partition coefficient (Wildman–Crippen LogP) is 4.93. The quantitative estimate of drug-likeness (QED) is 0.679. The molecule has 4 nitrogen and oxygen atoms in total. The lowest BCUT2D eigenvalue weighted by molar-refractivity contribution is 0.249. The fourth-order valence-electron chi connectivity index (χ4n) is 3.40. The summed E-state index contributed by atoms with van der Waals surface area (Å²) >= 11 is 6.23. The first kappa shape index (κ1) is 16.3. The van der Waals surface area contributed by atoms with Crippen LogP contribution in [0.3, 0.4) is 0 Å². The standard InChI is InChI=1S/C20H21ClN4/c1-25-10-2-3-14(13-25)12-23-16-6-4-15(5-7-16)19-11-17-18(21)8-9-22-20(17)24-19/h4-9,11-12,14H,2-3,10,13H2,1H3,(H,22,24)/b23-12+. The van der Waals surface area contributed by atoms with Crippen LogP contribution in [-0.4, -0.2) is 41.2 Å². The van der Waals surface area contributed by atoms with Crippen molar-refractivity contribution in [2.45, 2.75) is 12.8 Å². The number of rotatable bonds is 3. The number of halogens is 1. The molecule has 3 heterocycles. The molecular formula is C20H21ClN4. The van der Waals surface area contributed by atoms with Crippen molar-refractivity contribution in [2.75, 3.05) is 20.1 Å². The largest absolute Gasteiger partial charge is 0.339 e. The van der Waals surface area contributed by atoms with Gasteiger partial charge in [0.2, 0.25) is 0 Å². The second-order valence-corrected chi connectivity index (χ2v) is 7.13. The van der Waals surface area contributed by atoms with Gasteiger partial charge in [-0.2, -0.15) is 0 Å². The van der Waals surface area contributed by atoms with Gasteiger partial charge in [-0.1, -0.05) is 23.7 Å². The fourth-order valence-corrected chi connectivity index (χ4v) is 3.60. The number of H-pyrrole nitrogens is 1. The van der Waals surface area contributed by atoms with Crippen LogP contribution < -0.4 is 0 Å². The summed E-state index contributed by atoms with van der Waals surface area (Å²) < 4.78 is 0. The van der Waals surface area contributed by atoms with Gasteiger partial charge in [-0.3, -0.25) is 4.99 Å².